The normalized spacial score (nSPS) is 10.9. The second-order valence-corrected chi connectivity index (χ2v) is 7.45. The molecule has 1 N–H and O–H groups in total. The third-order valence-electron chi connectivity index (χ3n) is 2.88. The Kier molecular flexibility index (Phi) is 6.90. The summed E-state index contributed by atoms with van der Waals surface area (Å²) >= 11 is 17.5. The van der Waals surface area contributed by atoms with E-state index in [-0.39, 0.29) is 0 Å². The summed E-state index contributed by atoms with van der Waals surface area (Å²) in [6, 6.07) is 11.8. The Labute approximate surface area is 148 Å². The van der Waals surface area contributed by atoms with E-state index in [9.17, 15) is 0 Å². The minimum Gasteiger partial charge on any atom is -0.313 e. The molecule has 2 aromatic carbocycles. The molecule has 2 aromatic rings. The topological polar surface area (TPSA) is 12.0 Å². The first-order valence-corrected chi connectivity index (χ1v) is 9.08. The van der Waals surface area contributed by atoms with Gasteiger partial charge >= 0.3 is 0 Å². The monoisotopic (exact) mass is 403 g/mol. The molecule has 0 aliphatic heterocycles. The molecule has 0 radical (unpaired) electrons. The molecule has 0 heterocycles. The molecular weight excluding hydrogens is 389 g/mol. The summed E-state index contributed by atoms with van der Waals surface area (Å²) in [5.41, 5.74) is 1.26. The van der Waals surface area contributed by atoms with Crippen LogP contribution < -0.4 is 5.32 Å². The Bertz CT molecular complexity index is 619. The van der Waals surface area contributed by atoms with E-state index in [4.69, 9.17) is 23.2 Å². The van der Waals surface area contributed by atoms with Crippen molar-refractivity contribution in [1.82, 2.24) is 5.32 Å². The third kappa shape index (κ3) is 5.19. The van der Waals surface area contributed by atoms with Crippen molar-refractivity contribution >= 4 is 50.9 Å². The Balaban J connectivity index is 2.25. The van der Waals surface area contributed by atoms with E-state index in [1.54, 1.807) is 17.8 Å². The Morgan fingerprint density at radius 2 is 1.90 bits per heavy atom. The van der Waals surface area contributed by atoms with Gasteiger partial charge in [-0.25, -0.2) is 0 Å². The maximum atomic E-state index is 6.26. The first-order valence-electron chi connectivity index (χ1n) is 6.72. The number of rotatable bonds is 6. The average Bonchev–Trinajstić information content (AvgIpc) is 2.45. The molecule has 0 saturated heterocycles. The second kappa shape index (κ2) is 8.44. The maximum Gasteiger partial charge on any atom is 0.0546 e. The van der Waals surface area contributed by atoms with Gasteiger partial charge in [-0.3, -0.25) is 0 Å². The molecule has 21 heavy (non-hydrogen) atoms. The molecule has 0 amide bonds. The van der Waals surface area contributed by atoms with E-state index in [1.165, 1.54) is 10.5 Å². The zero-order valence-electron chi connectivity index (χ0n) is 11.6. The highest BCUT2D eigenvalue weighted by Gasteiger charge is 2.09. The van der Waals surface area contributed by atoms with Gasteiger partial charge in [0.25, 0.3) is 0 Å². The fourth-order valence-corrected chi connectivity index (χ4v) is 3.87. The second-order valence-electron chi connectivity index (χ2n) is 4.61. The maximum absolute atomic E-state index is 6.26. The summed E-state index contributed by atoms with van der Waals surface area (Å²) in [5, 5.41) is 4.85. The van der Waals surface area contributed by atoms with Gasteiger partial charge in [-0.1, -0.05) is 63.9 Å². The van der Waals surface area contributed by atoms with Gasteiger partial charge < -0.3 is 5.32 Å². The van der Waals surface area contributed by atoms with Gasteiger partial charge in [-0.2, -0.15) is 0 Å². The van der Waals surface area contributed by atoms with Gasteiger partial charge in [0, 0.05) is 25.8 Å². The lowest BCUT2D eigenvalue weighted by Gasteiger charge is -2.12. The van der Waals surface area contributed by atoms with Crippen LogP contribution in [-0.2, 0) is 6.54 Å². The van der Waals surface area contributed by atoms with E-state index < -0.39 is 0 Å². The van der Waals surface area contributed by atoms with Crippen LogP contribution in [0.4, 0.5) is 0 Å². The first-order chi connectivity index (χ1) is 10.1. The van der Waals surface area contributed by atoms with Crippen LogP contribution in [0.3, 0.4) is 0 Å². The number of halogens is 3. The van der Waals surface area contributed by atoms with Crippen LogP contribution in [0.5, 0.6) is 0 Å². The number of nitrogens with one attached hydrogen (secondary N) is 1. The minimum absolute atomic E-state index is 0.697. The zero-order valence-corrected chi connectivity index (χ0v) is 15.5. The molecule has 5 heteroatoms. The molecule has 0 atom stereocenters. The number of benzene rings is 2. The summed E-state index contributed by atoms with van der Waals surface area (Å²) in [4.78, 5) is 2.15. The quantitative estimate of drug-likeness (QED) is 0.558. The average molecular weight is 405 g/mol. The Morgan fingerprint density at radius 3 is 2.67 bits per heavy atom. The van der Waals surface area contributed by atoms with Crippen molar-refractivity contribution in [3.05, 3.63) is 56.5 Å². The summed E-state index contributed by atoms with van der Waals surface area (Å²) in [6.45, 7) is 4.02. The van der Waals surface area contributed by atoms with E-state index in [0.29, 0.717) is 5.02 Å². The first kappa shape index (κ1) is 17.2. The molecule has 0 unspecified atom stereocenters. The molecule has 0 spiro atoms. The molecule has 112 valence electrons. The molecule has 0 aliphatic carbocycles. The van der Waals surface area contributed by atoms with Crippen molar-refractivity contribution in [2.24, 2.45) is 0 Å². The lowest BCUT2D eigenvalue weighted by atomic mass is 10.2. The van der Waals surface area contributed by atoms with Crippen molar-refractivity contribution in [3.63, 3.8) is 0 Å². The van der Waals surface area contributed by atoms with Crippen molar-refractivity contribution in [2.45, 2.75) is 29.7 Å². The molecule has 0 saturated carbocycles. The highest BCUT2D eigenvalue weighted by molar-refractivity contribution is 9.10. The summed E-state index contributed by atoms with van der Waals surface area (Å²) < 4.78 is 1.06. The zero-order chi connectivity index (χ0) is 15.2. The van der Waals surface area contributed by atoms with Crippen LogP contribution in [0.1, 0.15) is 18.9 Å². The van der Waals surface area contributed by atoms with E-state index in [0.717, 1.165) is 33.9 Å². The van der Waals surface area contributed by atoms with Crippen LogP contribution in [0.2, 0.25) is 10.0 Å². The summed E-state index contributed by atoms with van der Waals surface area (Å²) in [6.07, 6.45) is 1.12. The Morgan fingerprint density at radius 1 is 1.10 bits per heavy atom. The molecule has 1 nitrogen and oxygen atoms in total. The van der Waals surface area contributed by atoms with E-state index in [1.807, 2.05) is 12.1 Å². The van der Waals surface area contributed by atoms with E-state index >= 15 is 0 Å². The van der Waals surface area contributed by atoms with Gasteiger partial charge in [-0.05, 0) is 48.9 Å². The van der Waals surface area contributed by atoms with Crippen LogP contribution in [0, 0.1) is 0 Å². The predicted octanol–water partition coefficient (Wildman–Crippen LogP) is 6.41. The fraction of sp³-hybridized carbons (Fsp3) is 0.250. The summed E-state index contributed by atoms with van der Waals surface area (Å²) in [5.74, 6) is 0. The molecule has 0 fully saturated rings. The summed E-state index contributed by atoms with van der Waals surface area (Å²) in [7, 11) is 0. The number of hydrogen-bond donors (Lipinski definition) is 1. The van der Waals surface area contributed by atoms with Crippen molar-refractivity contribution in [2.75, 3.05) is 6.54 Å². The molecule has 0 aliphatic rings. The fourth-order valence-electron chi connectivity index (χ4n) is 1.84. The van der Waals surface area contributed by atoms with Gasteiger partial charge in [0.15, 0.2) is 0 Å². The Hall–Kier alpha value is -0.190. The lowest BCUT2D eigenvalue weighted by Crippen LogP contribution is -2.14. The standard InChI is InChI=1S/C16H16BrCl2NS/c1-2-7-20-10-11-3-4-12(17)8-15(11)21-16-9-13(18)5-6-14(16)19/h3-6,8-9,20H,2,7,10H2,1H3. The molecule has 0 bridgehead atoms. The van der Waals surface area contributed by atoms with Crippen LogP contribution in [0.25, 0.3) is 0 Å². The lowest BCUT2D eigenvalue weighted by molar-refractivity contribution is 0.669. The number of hydrogen-bond acceptors (Lipinski definition) is 2. The van der Waals surface area contributed by atoms with Crippen LogP contribution >= 0.6 is 50.9 Å². The van der Waals surface area contributed by atoms with Gasteiger partial charge in [0.05, 0.1) is 5.02 Å². The molecular formula is C16H16BrCl2NS. The SMILES string of the molecule is CCCNCc1ccc(Br)cc1Sc1cc(Cl)ccc1Cl. The highest BCUT2D eigenvalue weighted by atomic mass is 79.9. The van der Waals surface area contributed by atoms with Crippen LogP contribution in [0.15, 0.2) is 50.7 Å². The third-order valence-corrected chi connectivity index (χ3v) is 5.21. The van der Waals surface area contributed by atoms with E-state index in [2.05, 4.69) is 46.4 Å². The smallest absolute Gasteiger partial charge is 0.0546 e. The van der Waals surface area contributed by atoms with Gasteiger partial charge in [0.2, 0.25) is 0 Å². The van der Waals surface area contributed by atoms with Gasteiger partial charge in [0.1, 0.15) is 0 Å². The van der Waals surface area contributed by atoms with Crippen LogP contribution in [-0.4, -0.2) is 6.54 Å². The molecule has 2 rings (SSSR count). The molecule has 0 aromatic heterocycles. The van der Waals surface area contributed by atoms with Crippen molar-refractivity contribution < 1.29 is 0 Å². The van der Waals surface area contributed by atoms with Crippen molar-refractivity contribution in [3.8, 4) is 0 Å². The predicted molar refractivity (Wildman–Crippen MR) is 96.7 cm³/mol. The van der Waals surface area contributed by atoms with Crippen molar-refractivity contribution in [1.29, 1.82) is 0 Å². The largest absolute Gasteiger partial charge is 0.313 e. The van der Waals surface area contributed by atoms with Gasteiger partial charge in [-0.15, -0.1) is 0 Å². The minimum atomic E-state index is 0.697. The highest BCUT2D eigenvalue weighted by Crippen LogP contribution is 2.37.